The van der Waals surface area contributed by atoms with Crippen LogP contribution in [0.2, 0.25) is 0 Å². The zero-order valence-corrected chi connectivity index (χ0v) is 17.6. The van der Waals surface area contributed by atoms with Gasteiger partial charge < -0.3 is 25.4 Å². The predicted molar refractivity (Wildman–Crippen MR) is 119 cm³/mol. The summed E-state index contributed by atoms with van der Waals surface area (Å²) in [5, 5.41) is 23.7. The summed E-state index contributed by atoms with van der Waals surface area (Å²) in [5.41, 5.74) is 4.14. The summed E-state index contributed by atoms with van der Waals surface area (Å²) >= 11 is 0. The molecule has 0 spiro atoms. The van der Waals surface area contributed by atoms with Crippen LogP contribution in [0.5, 0.6) is 5.75 Å². The van der Waals surface area contributed by atoms with Crippen LogP contribution in [0.1, 0.15) is 15.9 Å². The molecular weight excluding hydrogens is 394 g/mol. The number of H-pyrrole nitrogens is 1. The fourth-order valence-electron chi connectivity index (χ4n) is 3.59. The molecular formula is C23H27N5O3. The number of aliphatic hydroxyl groups excluding tert-OH is 1. The highest BCUT2D eigenvalue weighted by atomic mass is 16.5. The fourth-order valence-corrected chi connectivity index (χ4v) is 3.59. The van der Waals surface area contributed by atoms with E-state index in [0.29, 0.717) is 30.0 Å². The average Bonchev–Trinajstić information content (AvgIpc) is 3.29. The molecule has 2 atom stereocenters. The number of hydrogen-bond acceptors (Lipinski definition) is 6. The smallest absolute Gasteiger partial charge is 0.251 e. The number of ether oxygens (including phenoxy) is 1. The maximum absolute atomic E-state index is 12.4. The Bertz CT molecular complexity index is 1040. The number of amides is 1. The van der Waals surface area contributed by atoms with E-state index in [1.54, 1.807) is 12.3 Å². The van der Waals surface area contributed by atoms with Gasteiger partial charge in [0.05, 0.1) is 17.9 Å². The van der Waals surface area contributed by atoms with Gasteiger partial charge in [-0.2, -0.15) is 5.10 Å². The van der Waals surface area contributed by atoms with Gasteiger partial charge in [0.1, 0.15) is 18.6 Å². The van der Waals surface area contributed by atoms with E-state index < -0.39 is 12.3 Å². The third-order valence-corrected chi connectivity index (χ3v) is 5.31. The maximum atomic E-state index is 12.4. The fraction of sp³-hybridized carbons (Fsp3) is 0.304. The van der Waals surface area contributed by atoms with Gasteiger partial charge in [-0.05, 0) is 49.8 Å². The highest BCUT2D eigenvalue weighted by molar-refractivity contribution is 5.97. The molecule has 2 aromatic carbocycles. The monoisotopic (exact) mass is 421 g/mol. The number of rotatable bonds is 8. The first-order chi connectivity index (χ1) is 15.0. The van der Waals surface area contributed by atoms with Crippen molar-refractivity contribution < 1.29 is 14.6 Å². The number of nitrogens with zero attached hydrogens (tertiary/aromatic N) is 2. The summed E-state index contributed by atoms with van der Waals surface area (Å²) in [6, 6.07) is 12.7. The van der Waals surface area contributed by atoms with Gasteiger partial charge in [-0.1, -0.05) is 24.3 Å². The van der Waals surface area contributed by atoms with Crippen LogP contribution in [0.3, 0.4) is 0 Å². The van der Waals surface area contributed by atoms with Crippen molar-refractivity contribution in [3.8, 4) is 16.9 Å². The molecule has 4 rings (SSSR count). The Morgan fingerprint density at radius 2 is 2.10 bits per heavy atom. The van der Waals surface area contributed by atoms with Crippen LogP contribution in [-0.2, 0) is 6.42 Å². The summed E-state index contributed by atoms with van der Waals surface area (Å²) in [7, 11) is 3.97. The molecule has 3 aromatic rings. The molecule has 8 heteroatoms. The quantitative estimate of drug-likeness (QED) is 0.416. The Labute approximate surface area is 181 Å². The number of benzene rings is 2. The minimum Gasteiger partial charge on any atom is -0.490 e. The first kappa shape index (κ1) is 20.9. The van der Waals surface area contributed by atoms with E-state index in [0.717, 1.165) is 23.2 Å². The van der Waals surface area contributed by atoms with Crippen molar-refractivity contribution >= 4 is 11.6 Å². The van der Waals surface area contributed by atoms with E-state index in [1.165, 1.54) is 0 Å². The lowest BCUT2D eigenvalue weighted by Gasteiger charge is -2.30. The molecule has 0 radical (unpaired) electrons. The van der Waals surface area contributed by atoms with Gasteiger partial charge in [0, 0.05) is 23.9 Å². The van der Waals surface area contributed by atoms with Crippen LogP contribution >= 0.6 is 0 Å². The largest absolute Gasteiger partial charge is 0.490 e. The SMILES string of the molecule is CN(C)CCOc1cc(-c2cn[nH]c2)ccc1NC(O)C1Cc2ccccc2C(=O)N1. The highest BCUT2D eigenvalue weighted by Crippen LogP contribution is 2.31. The van der Waals surface area contributed by atoms with Crippen molar-refractivity contribution in [2.45, 2.75) is 18.7 Å². The van der Waals surface area contributed by atoms with Gasteiger partial charge in [-0.3, -0.25) is 9.89 Å². The topological polar surface area (TPSA) is 103 Å². The Balaban J connectivity index is 1.53. The van der Waals surface area contributed by atoms with Gasteiger partial charge in [-0.25, -0.2) is 0 Å². The van der Waals surface area contributed by atoms with E-state index in [-0.39, 0.29) is 5.91 Å². The zero-order chi connectivity index (χ0) is 21.8. The minimum absolute atomic E-state index is 0.175. The lowest BCUT2D eigenvalue weighted by atomic mass is 9.94. The number of anilines is 1. The van der Waals surface area contributed by atoms with Crippen molar-refractivity contribution in [2.24, 2.45) is 0 Å². The number of carbonyl (C=O) groups excluding carboxylic acids is 1. The van der Waals surface area contributed by atoms with Crippen LogP contribution in [0.15, 0.2) is 54.9 Å². The Morgan fingerprint density at radius 1 is 1.26 bits per heavy atom. The molecule has 31 heavy (non-hydrogen) atoms. The number of nitrogens with one attached hydrogen (secondary N) is 3. The summed E-state index contributed by atoms with van der Waals surface area (Å²) < 4.78 is 6.02. The standard InChI is InChI=1S/C23H27N5O3/c1-28(2)9-10-31-21-12-15(17-13-24-25-14-17)7-8-19(21)26-23(30)20-11-16-5-3-4-6-18(16)22(29)27-20/h3-8,12-14,20,23,26,30H,9-11H2,1-2H3,(H,24,25)(H,27,29). The molecule has 1 aromatic heterocycles. The van der Waals surface area contributed by atoms with Crippen molar-refractivity contribution in [1.29, 1.82) is 0 Å². The van der Waals surface area contributed by atoms with Crippen molar-refractivity contribution in [2.75, 3.05) is 32.6 Å². The van der Waals surface area contributed by atoms with Crippen LogP contribution < -0.4 is 15.4 Å². The predicted octanol–water partition coefficient (Wildman–Crippen LogP) is 2.10. The molecule has 0 aliphatic carbocycles. The lowest BCUT2D eigenvalue weighted by Crippen LogP contribution is -2.51. The van der Waals surface area contributed by atoms with Crippen molar-refractivity contribution in [1.82, 2.24) is 20.4 Å². The zero-order valence-electron chi connectivity index (χ0n) is 17.6. The van der Waals surface area contributed by atoms with Crippen LogP contribution in [0, 0.1) is 0 Å². The molecule has 2 unspecified atom stereocenters. The maximum Gasteiger partial charge on any atom is 0.251 e. The van der Waals surface area contributed by atoms with E-state index in [4.69, 9.17) is 4.74 Å². The van der Waals surface area contributed by atoms with Gasteiger partial charge in [0.25, 0.3) is 5.91 Å². The molecule has 0 bridgehead atoms. The summed E-state index contributed by atoms with van der Waals surface area (Å²) in [6.45, 7) is 1.26. The Hall–Kier alpha value is -3.36. The van der Waals surface area contributed by atoms with Crippen LogP contribution in [0.25, 0.3) is 11.1 Å². The van der Waals surface area contributed by atoms with Crippen molar-refractivity contribution in [3.63, 3.8) is 0 Å². The van der Waals surface area contributed by atoms with Crippen LogP contribution in [-0.4, -0.2) is 65.6 Å². The summed E-state index contributed by atoms with van der Waals surface area (Å²) in [4.78, 5) is 14.5. The van der Waals surface area contributed by atoms with Gasteiger partial charge in [-0.15, -0.1) is 0 Å². The number of aromatic amines is 1. The Morgan fingerprint density at radius 3 is 2.87 bits per heavy atom. The molecule has 1 aliphatic rings. The molecule has 2 heterocycles. The van der Waals surface area contributed by atoms with E-state index in [9.17, 15) is 9.90 Å². The van der Waals surface area contributed by atoms with Gasteiger partial charge in [0.15, 0.2) is 0 Å². The number of carbonyl (C=O) groups is 1. The second kappa shape index (κ2) is 9.20. The number of aromatic nitrogens is 2. The molecule has 4 N–H and O–H groups in total. The van der Waals surface area contributed by atoms with Gasteiger partial charge in [0.2, 0.25) is 0 Å². The molecule has 0 saturated carbocycles. The summed E-state index contributed by atoms with van der Waals surface area (Å²) in [5.74, 6) is 0.451. The Kier molecular flexibility index (Phi) is 6.20. The lowest BCUT2D eigenvalue weighted by molar-refractivity contribution is 0.0846. The van der Waals surface area contributed by atoms with Crippen molar-refractivity contribution in [3.05, 3.63) is 66.0 Å². The number of hydrogen-bond donors (Lipinski definition) is 4. The molecule has 1 amide bonds. The van der Waals surface area contributed by atoms with Crippen LogP contribution in [0.4, 0.5) is 5.69 Å². The third-order valence-electron chi connectivity index (χ3n) is 5.31. The number of aliphatic hydroxyl groups is 1. The third kappa shape index (κ3) is 4.87. The molecule has 0 saturated heterocycles. The first-order valence-corrected chi connectivity index (χ1v) is 10.3. The number of likely N-dealkylation sites (N-methyl/N-ethyl adjacent to an activating group) is 1. The normalized spacial score (nSPS) is 16.5. The molecule has 8 nitrogen and oxygen atoms in total. The second-order valence-corrected chi connectivity index (χ2v) is 7.88. The highest BCUT2D eigenvalue weighted by Gasteiger charge is 2.29. The number of fused-ring (bicyclic) bond motifs is 1. The van der Waals surface area contributed by atoms with E-state index in [1.807, 2.05) is 61.6 Å². The molecule has 162 valence electrons. The van der Waals surface area contributed by atoms with E-state index >= 15 is 0 Å². The second-order valence-electron chi connectivity index (χ2n) is 7.88. The average molecular weight is 422 g/mol. The minimum atomic E-state index is -0.978. The molecule has 1 aliphatic heterocycles. The van der Waals surface area contributed by atoms with E-state index in [2.05, 4.69) is 20.8 Å². The van der Waals surface area contributed by atoms with Gasteiger partial charge >= 0.3 is 0 Å². The molecule has 0 fully saturated rings. The first-order valence-electron chi connectivity index (χ1n) is 10.3. The summed E-state index contributed by atoms with van der Waals surface area (Å²) in [6.07, 6.45) is 3.12.